The molecule has 1 atom stereocenters. The summed E-state index contributed by atoms with van der Waals surface area (Å²) in [6.45, 7) is 8.44. The van der Waals surface area contributed by atoms with E-state index in [9.17, 15) is 18.0 Å². The molecule has 1 amide bonds. The lowest BCUT2D eigenvalue weighted by atomic mass is 10.1. The highest BCUT2D eigenvalue weighted by Gasteiger charge is 2.36. The zero-order valence-corrected chi connectivity index (χ0v) is 17.6. The number of hydrogen-bond acceptors (Lipinski definition) is 2. The Labute approximate surface area is 167 Å². The van der Waals surface area contributed by atoms with Crippen molar-refractivity contribution < 1.29 is 18.0 Å². The number of alkyl halides is 3. The molecule has 148 valence electrons. The largest absolute Gasteiger partial charge is 0.417 e. The molecule has 3 rings (SSSR count). The van der Waals surface area contributed by atoms with Crippen LogP contribution in [0.1, 0.15) is 34.6 Å². The second-order valence-corrected chi connectivity index (χ2v) is 12.9. The Morgan fingerprint density at radius 2 is 1.96 bits per heavy atom. The molecule has 4 nitrogen and oxygen atoms in total. The number of benzene rings is 1. The van der Waals surface area contributed by atoms with E-state index >= 15 is 0 Å². The monoisotopic (exact) mass is 425 g/mol. The molecule has 0 saturated carbocycles. The first-order valence-corrected chi connectivity index (χ1v) is 12.6. The van der Waals surface area contributed by atoms with Gasteiger partial charge in [0.05, 0.1) is 28.4 Å². The summed E-state index contributed by atoms with van der Waals surface area (Å²) in [5.74, 6) is 2.71. The minimum atomic E-state index is -4.55. The van der Waals surface area contributed by atoms with E-state index in [2.05, 4.69) is 36.2 Å². The average Bonchev–Trinajstić information content (AvgIpc) is 2.99. The van der Waals surface area contributed by atoms with E-state index < -0.39 is 24.8 Å². The minimum Gasteiger partial charge on any atom is -0.305 e. The van der Waals surface area contributed by atoms with Crippen molar-refractivity contribution in [2.75, 3.05) is 11.4 Å². The molecule has 0 spiro atoms. The zero-order chi connectivity index (χ0) is 20.9. The van der Waals surface area contributed by atoms with Crippen LogP contribution in [0.5, 0.6) is 0 Å². The Morgan fingerprint density at radius 1 is 1.29 bits per heavy atom. The van der Waals surface area contributed by atoms with Crippen molar-refractivity contribution in [2.45, 2.75) is 38.8 Å². The van der Waals surface area contributed by atoms with Crippen LogP contribution in [0.2, 0.25) is 24.7 Å². The van der Waals surface area contributed by atoms with Gasteiger partial charge in [-0.1, -0.05) is 37.2 Å². The Balaban J connectivity index is 2.02. The summed E-state index contributed by atoms with van der Waals surface area (Å²) < 4.78 is 40.5. The molecule has 0 bridgehead atoms. The third-order valence-corrected chi connectivity index (χ3v) is 5.44. The molecule has 1 aliphatic rings. The van der Waals surface area contributed by atoms with Gasteiger partial charge in [-0.05, 0) is 25.1 Å². The van der Waals surface area contributed by atoms with E-state index in [1.54, 1.807) is 10.9 Å². The Kier molecular flexibility index (Phi) is 5.10. The summed E-state index contributed by atoms with van der Waals surface area (Å²) >= 11 is 5.83. The van der Waals surface area contributed by atoms with Crippen LogP contribution in [0.15, 0.2) is 24.4 Å². The highest BCUT2D eigenvalue weighted by Crippen LogP contribution is 2.37. The van der Waals surface area contributed by atoms with Gasteiger partial charge < -0.3 is 4.90 Å². The van der Waals surface area contributed by atoms with E-state index in [0.29, 0.717) is 16.9 Å². The lowest BCUT2D eigenvalue weighted by molar-refractivity contribution is -0.137. The topological polar surface area (TPSA) is 38.1 Å². The van der Waals surface area contributed by atoms with E-state index in [-0.39, 0.29) is 18.5 Å². The number of nitrogens with zero attached hydrogens (tertiary/aromatic N) is 3. The summed E-state index contributed by atoms with van der Waals surface area (Å²) in [7, 11) is -1.66. The maximum Gasteiger partial charge on any atom is 0.417 e. The Hall–Kier alpha value is -2.24. The van der Waals surface area contributed by atoms with Crippen LogP contribution in [0.4, 0.5) is 18.9 Å². The van der Waals surface area contributed by atoms with E-state index in [0.717, 1.165) is 6.07 Å². The lowest BCUT2D eigenvalue weighted by Crippen LogP contribution is -2.43. The third kappa shape index (κ3) is 3.96. The fraction of sp³-hybridized carbons (Fsp3) is 0.368. The van der Waals surface area contributed by atoms with Crippen molar-refractivity contribution in [1.82, 2.24) is 9.78 Å². The number of carbonyl (C=O) groups excluding carboxylic acids is 1. The quantitative estimate of drug-likeness (QED) is 0.476. The summed E-state index contributed by atoms with van der Waals surface area (Å²) in [5.41, 5.74) is 3.48. The molecule has 0 unspecified atom stereocenters. The summed E-state index contributed by atoms with van der Waals surface area (Å²) in [6.07, 6.45) is -2.98. The molecule has 1 aromatic carbocycles. The van der Waals surface area contributed by atoms with Gasteiger partial charge in [-0.2, -0.15) is 18.3 Å². The van der Waals surface area contributed by atoms with E-state index in [1.165, 1.54) is 17.0 Å². The first-order valence-electron chi connectivity index (χ1n) is 8.68. The number of carbonyl (C=O) groups is 1. The van der Waals surface area contributed by atoms with Crippen LogP contribution in [-0.2, 0) is 6.18 Å². The number of anilines is 1. The first-order chi connectivity index (χ1) is 12.9. The fourth-order valence-corrected chi connectivity index (χ4v) is 3.72. The minimum absolute atomic E-state index is 0.156. The predicted molar refractivity (Wildman–Crippen MR) is 105 cm³/mol. The zero-order valence-electron chi connectivity index (χ0n) is 15.9. The van der Waals surface area contributed by atoms with Crippen LogP contribution >= 0.6 is 11.6 Å². The van der Waals surface area contributed by atoms with Gasteiger partial charge in [0.15, 0.2) is 0 Å². The molecule has 1 aromatic heterocycles. The summed E-state index contributed by atoms with van der Waals surface area (Å²) in [4.78, 5) is 14.5. The van der Waals surface area contributed by atoms with Crippen LogP contribution in [-0.4, -0.2) is 30.3 Å². The summed E-state index contributed by atoms with van der Waals surface area (Å²) in [5, 5.41) is 3.85. The highest BCUT2D eigenvalue weighted by molar-refractivity contribution is 6.83. The van der Waals surface area contributed by atoms with Crippen molar-refractivity contribution >= 4 is 31.3 Å². The van der Waals surface area contributed by atoms with Crippen molar-refractivity contribution in [3.8, 4) is 11.5 Å². The fourth-order valence-electron chi connectivity index (χ4n) is 2.93. The predicted octanol–water partition coefficient (Wildman–Crippen LogP) is 5.01. The number of hydrogen-bond donors (Lipinski definition) is 0. The number of aromatic nitrogens is 2. The molecule has 0 radical (unpaired) electrons. The van der Waals surface area contributed by atoms with Gasteiger partial charge in [0.1, 0.15) is 13.8 Å². The second kappa shape index (κ2) is 6.98. The second-order valence-electron chi connectivity index (χ2n) is 7.78. The molecular formula is C19H19ClF3N3OSi. The van der Waals surface area contributed by atoms with E-state index in [4.69, 9.17) is 11.6 Å². The molecule has 0 saturated heterocycles. The smallest absolute Gasteiger partial charge is 0.305 e. The van der Waals surface area contributed by atoms with Gasteiger partial charge in [0.25, 0.3) is 5.91 Å². The molecule has 0 N–H and O–H groups in total. The maximum atomic E-state index is 13.1. The SMILES string of the molecule is C[C@H]1CN(c2ccc(C(F)(F)F)c(Cl)c2)C(=O)c2c(C#C[Si](C)(C)C)cnn21. The lowest BCUT2D eigenvalue weighted by Gasteiger charge is -2.32. The normalized spacial score (nSPS) is 17.2. The van der Waals surface area contributed by atoms with E-state index in [1.807, 2.05) is 6.92 Å². The molecule has 0 aliphatic carbocycles. The van der Waals surface area contributed by atoms with Gasteiger partial charge >= 0.3 is 6.18 Å². The number of halogens is 4. The molecule has 2 heterocycles. The molecule has 1 aliphatic heterocycles. The van der Waals surface area contributed by atoms with Crippen molar-refractivity contribution in [3.05, 3.63) is 46.2 Å². The van der Waals surface area contributed by atoms with Gasteiger partial charge in [-0.15, -0.1) is 5.54 Å². The summed E-state index contributed by atoms with van der Waals surface area (Å²) in [6, 6.07) is 3.18. The highest BCUT2D eigenvalue weighted by atomic mass is 35.5. The number of amides is 1. The standard InChI is InChI=1S/C19H19ClF3N3OSi/c1-12-11-25(14-5-6-15(16(20)9-14)19(21,22)23)18(27)17-13(10-24-26(12)17)7-8-28(2,3)4/h5-6,9-10,12H,11H2,1-4H3/t12-/m0/s1. The van der Waals surface area contributed by atoms with Crippen molar-refractivity contribution in [1.29, 1.82) is 0 Å². The molecule has 2 aromatic rings. The molecular weight excluding hydrogens is 407 g/mol. The molecule has 9 heteroatoms. The Morgan fingerprint density at radius 3 is 2.54 bits per heavy atom. The molecule has 0 fully saturated rings. The first kappa shape index (κ1) is 20.5. The van der Waals surface area contributed by atoms with Gasteiger partial charge in [-0.25, -0.2) is 0 Å². The van der Waals surface area contributed by atoms with Crippen LogP contribution in [0, 0.1) is 11.5 Å². The van der Waals surface area contributed by atoms with Crippen molar-refractivity contribution in [2.24, 2.45) is 0 Å². The van der Waals surface area contributed by atoms with Gasteiger partial charge in [0, 0.05) is 12.2 Å². The molecule has 28 heavy (non-hydrogen) atoms. The van der Waals surface area contributed by atoms with Crippen LogP contribution in [0.3, 0.4) is 0 Å². The van der Waals surface area contributed by atoms with Crippen LogP contribution < -0.4 is 4.90 Å². The third-order valence-electron chi connectivity index (χ3n) is 4.25. The van der Waals surface area contributed by atoms with Crippen molar-refractivity contribution in [3.63, 3.8) is 0 Å². The Bertz CT molecular complexity index is 999. The van der Waals surface area contributed by atoms with Gasteiger partial charge in [0.2, 0.25) is 0 Å². The van der Waals surface area contributed by atoms with Crippen LogP contribution in [0.25, 0.3) is 0 Å². The number of fused-ring (bicyclic) bond motifs is 1. The van der Waals surface area contributed by atoms with Gasteiger partial charge in [-0.3, -0.25) is 9.48 Å². The average molecular weight is 426 g/mol. The number of rotatable bonds is 1. The maximum absolute atomic E-state index is 13.1.